The van der Waals surface area contributed by atoms with Gasteiger partial charge in [0.05, 0.1) is 23.6 Å². The highest BCUT2D eigenvalue weighted by Crippen LogP contribution is 2.35. The number of nitrogens with zero attached hydrogens (tertiary/aromatic N) is 2. The molecule has 41 heavy (non-hydrogen) atoms. The summed E-state index contributed by atoms with van der Waals surface area (Å²) in [6, 6.07) is 15.1. The lowest BCUT2D eigenvalue weighted by molar-refractivity contribution is -0.136. The number of aryl methyl sites for hydroxylation is 1. The van der Waals surface area contributed by atoms with E-state index < -0.39 is 24.3 Å². The predicted octanol–water partition coefficient (Wildman–Crippen LogP) is 4.87. The first-order chi connectivity index (χ1) is 19.9. The fourth-order valence-electron chi connectivity index (χ4n) is 4.59. The van der Waals surface area contributed by atoms with Gasteiger partial charge < -0.3 is 23.9 Å². The van der Waals surface area contributed by atoms with Crippen LogP contribution in [0.15, 0.2) is 60.8 Å². The molecule has 0 atom stereocenters. The summed E-state index contributed by atoms with van der Waals surface area (Å²) in [5, 5.41) is 4.76. The van der Waals surface area contributed by atoms with E-state index >= 15 is 0 Å². The summed E-state index contributed by atoms with van der Waals surface area (Å²) >= 11 is 0. The second kappa shape index (κ2) is 12.0. The number of H-pyrrole nitrogens is 1. The largest absolute Gasteiger partial charge is 0.486 e. The molecule has 0 radical (unpaired) electrons. The van der Waals surface area contributed by atoms with Crippen LogP contribution in [0.3, 0.4) is 0 Å². The Balaban J connectivity index is 1.34. The smallest absolute Gasteiger partial charge is 0.340 e. The number of fused-ring (bicyclic) bond motifs is 1. The van der Waals surface area contributed by atoms with Gasteiger partial charge in [-0.25, -0.2) is 14.3 Å². The molecule has 10 heteroatoms. The average Bonchev–Trinajstić information content (AvgIpc) is 3.55. The molecule has 1 aliphatic heterocycles. The van der Waals surface area contributed by atoms with Gasteiger partial charge in [-0.05, 0) is 62.7 Å². The van der Waals surface area contributed by atoms with Crippen molar-refractivity contribution in [1.82, 2.24) is 14.8 Å². The maximum atomic E-state index is 12.8. The molecule has 0 unspecified atom stereocenters. The van der Waals surface area contributed by atoms with Gasteiger partial charge in [0.1, 0.15) is 18.9 Å². The molecule has 1 N–H and O–H groups in total. The van der Waals surface area contributed by atoms with E-state index in [4.69, 9.17) is 24.0 Å². The van der Waals surface area contributed by atoms with Crippen molar-refractivity contribution < 1.29 is 33.3 Å². The summed E-state index contributed by atoms with van der Waals surface area (Å²) < 4.78 is 23.4. The number of carbonyl (C=O) groups is 3. The number of Topliss-reactive ketones (excluding diaryl/α,β-unsaturated/α-hetero) is 1. The molecule has 210 valence electrons. The van der Waals surface area contributed by atoms with Gasteiger partial charge in [0.2, 0.25) is 5.78 Å². The summed E-state index contributed by atoms with van der Waals surface area (Å²) in [4.78, 5) is 40.5. The lowest BCUT2D eigenvalue weighted by Gasteiger charge is -2.18. The number of aromatic amines is 1. The molecule has 0 fully saturated rings. The second-order valence-electron chi connectivity index (χ2n) is 9.28. The van der Waals surface area contributed by atoms with Gasteiger partial charge >= 0.3 is 11.9 Å². The highest BCUT2D eigenvalue weighted by molar-refractivity contribution is 6.03. The van der Waals surface area contributed by atoms with E-state index in [1.54, 1.807) is 37.7 Å². The second-order valence-corrected chi connectivity index (χ2v) is 9.28. The van der Waals surface area contributed by atoms with E-state index in [9.17, 15) is 14.4 Å². The summed E-state index contributed by atoms with van der Waals surface area (Å²) in [6.07, 6.45) is 4.64. The van der Waals surface area contributed by atoms with Gasteiger partial charge in [0.15, 0.2) is 18.1 Å². The minimum Gasteiger partial charge on any atom is -0.486 e. The number of ether oxygens (including phenoxy) is 4. The van der Waals surface area contributed by atoms with E-state index in [0.717, 1.165) is 11.3 Å². The lowest BCUT2D eigenvalue weighted by Crippen LogP contribution is -2.15. The molecule has 0 saturated carbocycles. The van der Waals surface area contributed by atoms with Gasteiger partial charge in [-0.15, -0.1) is 0 Å². The average molecular weight is 556 g/mol. The number of rotatable bonds is 9. The minimum absolute atomic E-state index is 0.201. The number of ketones is 1. The molecule has 1 aliphatic rings. The van der Waals surface area contributed by atoms with E-state index in [2.05, 4.69) is 4.98 Å². The maximum absolute atomic E-state index is 12.8. The molecule has 4 aromatic rings. The Labute approximate surface area is 236 Å². The fraction of sp³-hybridized carbons (Fsp3) is 0.226. The van der Waals surface area contributed by atoms with Crippen LogP contribution in [0.25, 0.3) is 23.0 Å². The molecule has 0 bridgehead atoms. The normalized spacial score (nSPS) is 12.4. The quantitative estimate of drug-likeness (QED) is 0.176. The zero-order chi connectivity index (χ0) is 28.9. The zero-order valence-corrected chi connectivity index (χ0v) is 22.9. The van der Waals surface area contributed by atoms with Crippen LogP contribution in [-0.2, 0) is 14.3 Å². The van der Waals surface area contributed by atoms with Gasteiger partial charge in [-0.3, -0.25) is 4.79 Å². The predicted molar refractivity (Wildman–Crippen MR) is 151 cm³/mol. The third kappa shape index (κ3) is 5.91. The van der Waals surface area contributed by atoms with E-state index in [-0.39, 0.29) is 12.3 Å². The molecule has 0 saturated heterocycles. The zero-order valence-electron chi connectivity index (χ0n) is 22.9. The van der Waals surface area contributed by atoms with Crippen LogP contribution >= 0.6 is 0 Å². The third-order valence-corrected chi connectivity index (χ3v) is 6.52. The van der Waals surface area contributed by atoms with Crippen molar-refractivity contribution in [2.45, 2.75) is 20.8 Å². The molecule has 3 heterocycles. The Morgan fingerprint density at radius 2 is 1.78 bits per heavy atom. The Morgan fingerprint density at radius 1 is 1.02 bits per heavy atom. The molecule has 0 aliphatic carbocycles. The van der Waals surface area contributed by atoms with Crippen LogP contribution < -0.4 is 9.47 Å². The molecule has 0 spiro atoms. The number of esters is 2. The monoisotopic (exact) mass is 555 g/mol. The molecule has 10 nitrogen and oxygen atoms in total. The summed E-state index contributed by atoms with van der Waals surface area (Å²) in [6.45, 7) is 5.71. The van der Waals surface area contributed by atoms with Gasteiger partial charge in [-0.2, -0.15) is 5.10 Å². The number of nitrogens with one attached hydrogen (secondary N) is 1. The minimum atomic E-state index is -0.703. The first kappa shape index (κ1) is 27.4. The van der Waals surface area contributed by atoms with Crippen molar-refractivity contribution in [1.29, 1.82) is 0 Å². The summed E-state index contributed by atoms with van der Waals surface area (Å²) in [7, 11) is 0. The number of hydrogen-bond acceptors (Lipinski definition) is 8. The van der Waals surface area contributed by atoms with Crippen LogP contribution in [0.2, 0.25) is 0 Å². The van der Waals surface area contributed by atoms with Crippen molar-refractivity contribution in [2.75, 3.05) is 26.4 Å². The lowest BCUT2D eigenvalue weighted by atomic mass is 10.1. The van der Waals surface area contributed by atoms with Crippen LogP contribution in [-0.4, -0.2) is 58.9 Å². The van der Waals surface area contributed by atoms with Crippen LogP contribution in [0.4, 0.5) is 0 Å². The number of hydrogen-bond donors (Lipinski definition) is 1. The molecule has 0 amide bonds. The Bertz CT molecular complexity index is 1630. The van der Waals surface area contributed by atoms with Crippen molar-refractivity contribution in [2.24, 2.45) is 0 Å². The number of aromatic nitrogens is 3. The van der Waals surface area contributed by atoms with Gasteiger partial charge in [0, 0.05) is 29.1 Å². The fourth-order valence-corrected chi connectivity index (χ4v) is 4.59. The van der Waals surface area contributed by atoms with Crippen LogP contribution in [0, 0.1) is 13.8 Å². The van der Waals surface area contributed by atoms with Crippen molar-refractivity contribution >= 4 is 23.8 Å². The van der Waals surface area contributed by atoms with Gasteiger partial charge in [0.25, 0.3) is 0 Å². The van der Waals surface area contributed by atoms with E-state index in [0.29, 0.717) is 52.8 Å². The molecule has 2 aromatic heterocycles. The summed E-state index contributed by atoms with van der Waals surface area (Å²) in [5.74, 6) is -0.392. The van der Waals surface area contributed by atoms with Crippen LogP contribution in [0.5, 0.6) is 11.5 Å². The summed E-state index contributed by atoms with van der Waals surface area (Å²) in [5.41, 5.74) is 4.38. The SMILES string of the molecule is CCOC(=O)c1c(C)[nH]c(C(=O)COC(=O)C=Cc2cn(-c3ccccc3)nc2-c2ccc3c(c2)OCCO3)c1C. The standard InChI is InChI=1S/C31H29N3O7/c1-4-38-31(37)28-19(2)29(32-20(28)3)24(35)18-41-27(36)13-11-22-17-34(23-8-6-5-7-9-23)33-30(22)21-10-12-25-26(16-21)40-15-14-39-25/h5-13,16-17,32H,4,14-15,18H2,1-3H3. The topological polar surface area (TPSA) is 122 Å². The first-order valence-corrected chi connectivity index (χ1v) is 13.1. The molecule has 5 rings (SSSR count). The third-order valence-electron chi connectivity index (χ3n) is 6.52. The Morgan fingerprint density at radius 3 is 2.54 bits per heavy atom. The van der Waals surface area contributed by atoms with Crippen molar-refractivity contribution in [3.05, 3.63) is 88.9 Å². The Hall–Kier alpha value is -5.12. The number of para-hydroxylation sites is 1. The van der Waals surface area contributed by atoms with Crippen molar-refractivity contribution in [3.8, 4) is 28.4 Å². The Kier molecular flexibility index (Phi) is 8.00. The molecular formula is C31H29N3O7. The van der Waals surface area contributed by atoms with Crippen molar-refractivity contribution in [3.63, 3.8) is 0 Å². The van der Waals surface area contributed by atoms with E-state index in [1.165, 1.54) is 6.08 Å². The highest BCUT2D eigenvalue weighted by atomic mass is 16.6. The highest BCUT2D eigenvalue weighted by Gasteiger charge is 2.23. The van der Waals surface area contributed by atoms with Gasteiger partial charge in [-0.1, -0.05) is 18.2 Å². The van der Waals surface area contributed by atoms with Crippen LogP contribution in [0.1, 0.15) is 44.6 Å². The molecular weight excluding hydrogens is 526 g/mol. The maximum Gasteiger partial charge on any atom is 0.340 e. The number of benzene rings is 2. The molecule has 2 aromatic carbocycles. The first-order valence-electron chi connectivity index (χ1n) is 13.1. The van der Waals surface area contributed by atoms with E-state index in [1.807, 2.05) is 48.5 Å². The number of carbonyl (C=O) groups excluding carboxylic acids is 3.